The van der Waals surface area contributed by atoms with Crippen LogP contribution in [0.2, 0.25) is 0 Å². The summed E-state index contributed by atoms with van der Waals surface area (Å²) in [5, 5.41) is 7.45. The van der Waals surface area contributed by atoms with Crippen LogP contribution in [-0.4, -0.2) is 53.8 Å². The Morgan fingerprint density at radius 2 is 2.00 bits per heavy atom. The van der Waals surface area contributed by atoms with Crippen molar-refractivity contribution in [2.24, 2.45) is 4.99 Å². The van der Waals surface area contributed by atoms with Crippen LogP contribution in [0.4, 0.5) is 0 Å². The Kier molecular flexibility index (Phi) is 9.69. The number of halogens is 1. The van der Waals surface area contributed by atoms with Crippen LogP contribution >= 0.6 is 24.0 Å². The number of aryl methyl sites for hydroxylation is 1. The zero-order chi connectivity index (χ0) is 19.8. The molecular weight excluding hydrogens is 481 g/mol. The Morgan fingerprint density at radius 1 is 1.28 bits per heavy atom. The maximum atomic E-state index is 6.07. The number of rotatable bonds is 7. The van der Waals surface area contributed by atoms with Crippen LogP contribution in [0, 0.1) is 0 Å². The van der Waals surface area contributed by atoms with E-state index in [1.54, 1.807) is 0 Å². The van der Waals surface area contributed by atoms with Gasteiger partial charge in [0.25, 0.3) is 0 Å². The Labute approximate surface area is 190 Å². The third kappa shape index (κ3) is 7.17. The fourth-order valence-electron chi connectivity index (χ4n) is 3.25. The quantitative estimate of drug-likeness (QED) is 0.262. The monoisotopic (exact) mass is 513 g/mol. The Balaban J connectivity index is 0.00000300. The van der Waals surface area contributed by atoms with Crippen molar-refractivity contribution in [2.45, 2.75) is 51.6 Å². The van der Waals surface area contributed by atoms with E-state index in [0.717, 1.165) is 62.9 Å². The van der Waals surface area contributed by atoms with Crippen molar-refractivity contribution in [3.63, 3.8) is 0 Å². The average Bonchev–Trinajstić information content (AvgIpc) is 3.19. The minimum atomic E-state index is 0. The van der Waals surface area contributed by atoms with Crippen molar-refractivity contribution >= 4 is 29.9 Å². The van der Waals surface area contributed by atoms with Crippen LogP contribution in [0.5, 0.6) is 5.75 Å². The lowest BCUT2D eigenvalue weighted by molar-refractivity contribution is 0.129. The molecule has 1 aromatic carbocycles. The molecule has 2 aromatic rings. The number of para-hydroxylation sites is 1. The van der Waals surface area contributed by atoms with Gasteiger partial charge in [-0.15, -0.1) is 24.0 Å². The molecule has 0 bridgehead atoms. The molecule has 0 unspecified atom stereocenters. The van der Waals surface area contributed by atoms with Gasteiger partial charge in [-0.2, -0.15) is 4.98 Å². The van der Waals surface area contributed by atoms with Gasteiger partial charge < -0.3 is 19.5 Å². The SMILES string of the molecule is CN=C(NCCCc1nc(C(C)C)no1)N1CCC(Oc2ccccc2)CC1.I. The lowest BCUT2D eigenvalue weighted by Crippen LogP contribution is -2.47. The number of likely N-dealkylation sites (tertiary alicyclic amines) is 1. The summed E-state index contributed by atoms with van der Waals surface area (Å²) in [4.78, 5) is 11.2. The van der Waals surface area contributed by atoms with Crippen molar-refractivity contribution in [3.05, 3.63) is 42.0 Å². The highest BCUT2D eigenvalue weighted by Crippen LogP contribution is 2.18. The second kappa shape index (κ2) is 12.0. The number of nitrogens with zero attached hydrogens (tertiary/aromatic N) is 4. The van der Waals surface area contributed by atoms with Crippen molar-refractivity contribution < 1.29 is 9.26 Å². The van der Waals surface area contributed by atoms with E-state index in [2.05, 4.69) is 39.2 Å². The van der Waals surface area contributed by atoms with Gasteiger partial charge in [0.05, 0.1) is 0 Å². The number of ether oxygens (including phenoxy) is 1. The standard InChI is InChI=1S/C21H31N5O2.HI/c1-16(2)20-24-19(28-25-20)10-7-13-23-21(22-3)26-14-11-18(12-15-26)27-17-8-5-4-6-9-17;/h4-6,8-9,16,18H,7,10-15H2,1-3H3,(H,22,23);1H. The molecule has 0 spiro atoms. The Hall–Kier alpha value is -1.84. The first-order valence-corrected chi connectivity index (χ1v) is 10.2. The molecule has 8 heteroatoms. The highest BCUT2D eigenvalue weighted by atomic mass is 127. The molecule has 1 aromatic heterocycles. The highest BCUT2D eigenvalue weighted by molar-refractivity contribution is 14.0. The normalized spacial score (nSPS) is 15.3. The molecule has 29 heavy (non-hydrogen) atoms. The van der Waals surface area contributed by atoms with E-state index in [4.69, 9.17) is 9.26 Å². The van der Waals surface area contributed by atoms with E-state index in [-0.39, 0.29) is 30.1 Å². The summed E-state index contributed by atoms with van der Waals surface area (Å²) in [6, 6.07) is 10.1. The topological polar surface area (TPSA) is 75.8 Å². The average molecular weight is 513 g/mol. The summed E-state index contributed by atoms with van der Waals surface area (Å²) in [5.74, 6) is 3.68. The van der Waals surface area contributed by atoms with E-state index in [1.807, 2.05) is 37.4 Å². The molecular formula is C21H32IN5O2. The van der Waals surface area contributed by atoms with Crippen LogP contribution in [0.15, 0.2) is 39.8 Å². The molecule has 2 heterocycles. The number of nitrogens with one attached hydrogen (secondary N) is 1. The zero-order valence-corrected chi connectivity index (χ0v) is 19.8. The van der Waals surface area contributed by atoms with Crippen LogP contribution in [0.25, 0.3) is 0 Å². The van der Waals surface area contributed by atoms with E-state index < -0.39 is 0 Å². The second-order valence-corrected chi connectivity index (χ2v) is 7.40. The molecule has 0 saturated carbocycles. The van der Waals surface area contributed by atoms with Gasteiger partial charge in [-0.1, -0.05) is 37.2 Å². The minimum Gasteiger partial charge on any atom is -0.490 e. The molecule has 1 aliphatic rings. The number of aromatic nitrogens is 2. The molecule has 160 valence electrons. The van der Waals surface area contributed by atoms with Gasteiger partial charge in [0, 0.05) is 51.9 Å². The molecule has 7 nitrogen and oxygen atoms in total. The zero-order valence-electron chi connectivity index (χ0n) is 17.5. The lowest BCUT2D eigenvalue weighted by atomic mass is 10.1. The minimum absolute atomic E-state index is 0. The molecule has 1 saturated heterocycles. The van der Waals surface area contributed by atoms with Crippen molar-refractivity contribution in [1.82, 2.24) is 20.4 Å². The molecule has 0 atom stereocenters. The summed E-state index contributed by atoms with van der Waals surface area (Å²) in [5.41, 5.74) is 0. The van der Waals surface area contributed by atoms with E-state index in [9.17, 15) is 0 Å². The fourth-order valence-corrected chi connectivity index (χ4v) is 3.25. The van der Waals surface area contributed by atoms with Crippen LogP contribution < -0.4 is 10.1 Å². The lowest BCUT2D eigenvalue weighted by Gasteiger charge is -2.34. The first kappa shape index (κ1) is 23.4. The smallest absolute Gasteiger partial charge is 0.226 e. The number of benzene rings is 1. The number of hydrogen-bond donors (Lipinski definition) is 1. The fraction of sp³-hybridized carbons (Fsp3) is 0.571. The number of aliphatic imine (C=N–C) groups is 1. The largest absolute Gasteiger partial charge is 0.490 e. The van der Waals surface area contributed by atoms with Gasteiger partial charge >= 0.3 is 0 Å². The first-order chi connectivity index (χ1) is 13.7. The van der Waals surface area contributed by atoms with Crippen LogP contribution in [-0.2, 0) is 6.42 Å². The number of hydrogen-bond acceptors (Lipinski definition) is 5. The summed E-state index contributed by atoms with van der Waals surface area (Å²) in [6.45, 7) is 6.84. The molecule has 0 amide bonds. The predicted molar refractivity (Wildman–Crippen MR) is 125 cm³/mol. The van der Waals surface area contributed by atoms with Crippen molar-refractivity contribution in [2.75, 3.05) is 26.7 Å². The molecule has 1 aliphatic heterocycles. The van der Waals surface area contributed by atoms with E-state index in [0.29, 0.717) is 11.8 Å². The Bertz CT molecular complexity index is 743. The third-order valence-corrected chi connectivity index (χ3v) is 4.85. The molecule has 3 rings (SSSR count). The number of piperidine rings is 1. The molecule has 0 aliphatic carbocycles. The summed E-state index contributed by atoms with van der Waals surface area (Å²) in [7, 11) is 1.84. The molecule has 1 fully saturated rings. The maximum absolute atomic E-state index is 6.07. The first-order valence-electron chi connectivity index (χ1n) is 10.2. The molecule has 0 radical (unpaired) electrons. The summed E-state index contributed by atoms with van der Waals surface area (Å²) in [6.07, 6.45) is 3.96. The van der Waals surface area contributed by atoms with Gasteiger partial charge in [-0.3, -0.25) is 4.99 Å². The van der Waals surface area contributed by atoms with Gasteiger partial charge in [-0.05, 0) is 18.6 Å². The maximum Gasteiger partial charge on any atom is 0.226 e. The van der Waals surface area contributed by atoms with E-state index in [1.165, 1.54) is 0 Å². The van der Waals surface area contributed by atoms with E-state index >= 15 is 0 Å². The van der Waals surface area contributed by atoms with Crippen LogP contribution in [0.3, 0.4) is 0 Å². The third-order valence-electron chi connectivity index (χ3n) is 4.85. The highest BCUT2D eigenvalue weighted by Gasteiger charge is 2.22. The van der Waals surface area contributed by atoms with Gasteiger partial charge in [0.15, 0.2) is 11.8 Å². The number of guanidine groups is 1. The summed E-state index contributed by atoms with van der Waals surface area (Å²) >= 11 is 0. The van der Waals surface area contributed by atoms with Gasteiger partial charge in [0.2, 0.25) is 5.89 Å². The predicted octanol–water partition coefficient (Wildman–Crippen LogP) is 3.86. The second-order valence-electron chi connectivity index (χ2n) is 7.40. The van der Waals surface area contributed by atoms with Gasteiger partial charge in [0.1, 0.15) is 11.9 Å². The summed E-state index contributed by atoms with van der Waals surface area (Å²) < 4.78 is 11.4. The Morgan fingerprint density at radius 3 is 2.62 bits per heavy atom. The van der Waals surface area contributed by atoms with Gasteiger partial charge in [-0.25, -0.2) is 0 Å². The van der Waals surface area contributed by atoms with Crippen molar-refractivity contribution in [1.29, 1.82) is 0 Å². The van der Waals surface area contributed by atoms with Crippen molar-refractivity contribution in [3.8, 4) is 5.75 Å². The molecule has 1 N–H and O–H groups in total. The van der Waals surface area contributed by atoms with Crippen LogP contribution in [0.1, 0.15) is 50.7 Å².